The van der Waals surface area contributed by atoms with E-state index in [1.807, 2.05) is 39.8 Å². The van der Waals surface area contributed by atoms with E-state index in [4.69, 9.17) is 20.9 Å². The number of ether oxygens (including phenoxy) is 1. The van der Waals surface area contributed by atoms with E-state index in [-0.39, 0.29) is 6.04 Å². The predicted octanol–water partition coefficient (Wildman–Crippen LogP) is 4.58. The van der Waals surface area contributed by atoms with Gasteiger partial charge in [-0.25, -0.2) is 4.79 Å². The molecule has 0 saturated heterocycles. The number of hydrogen-bond acceptors (Lipinski definition) is 4. The van der Waals surface area contributed by atoms with Crippen LogP contribution in [0.1, 0.15) is 39.4 Å². The lowest BCUT2D eigenvalue weighted by Gasteiger charge is -2.21. The van der Waals surface area contributed by atoms with Crippen LogP contribution in [0.25, 0.3) is 11.3 Å². The SMILES string of the molecule is C[C@@H](NC(=O)OC(C)(C)C)c1cc(-c2cccc(Cl)c2)on1. The zero-order chi connectivity index (χ0) is 16.3. The number of nitrogens with one attached hydrogen (secondary N) is 1. The van der Waals surface area contributed by atoms with E-state index in [1.165, 1.54) is 0 Å². The first-order chi connectivity index (χ1) is 10.2. The lowest BCUT2D eigenvalue weighted by molar-refractivity contribution is 0.0506. The van der Waals surface area contributed by atoms with Gasteiger partial charge in [0.05, 0.1) is 6.04 Å². The van der Waals surface area contributed by atoms with Gasteiger partial charge in [-0.05, 0) is 39.8 Å². The van der Waals surface area contributed by atoms with Crippen molar-refractivity contribution in [2.45, 2.75) is 39.3 Å². The predicted molar refractivity (Wildman–Crippen MR) is 84.7 cm³/mol. The largest absolute Gasteiger partial charge is 0.444 e. The molecule has 0 radical (unpaired) electrons. The quantitative estimate of drug-likeness (QED) is 0.898. The molecule has 0 aliphatic carbocycles. The summed E-state index contributed by atoms with van der Waals surface area (Å²) in [4.78, 5) is 11.8. The number of halogens is 1. The Bertz CT molecular complexity index is 661. The fourth-order valence-corrected chi connectivity index (χ4v) is 2.02. The summed E-state index contributed by atoms with van der Waals surface area (Å²) in [6.07, 6.45) is -0.493. The molecular weight excluding hydrogens is 304 g/mol. The van der Waals surface area contributed by atoms with Gasteiger partial charge in [0.15, 0.2) is 5.76 Å². The van der Waals surface area contributed by atoms with Gasteiger partial charge in [-0.15, -0.1) is 0 Å². The van der Waals surface area contributed by atoms with Gasteiger partial charge in [-0.1, -0.05) is 28.9 Å². The highest BCUT2D eigenvalue weighted by Crippen LogP contribution is 2.25. The van der Waals surface area contributed by atoms with Crippen molar-refractivity contribution < 1.29 is 14.1 Å². The number of benzene rings is 1. The summed E-state index contributed by atoms with van der Waals surface area (Å²) in [6, 6.07) is 8.73. The average molecular weight is 323 g/mol. The number of carbonyl (C=O) groups excluding carboxylic acids is 1. The molecule has 118 valence electrons. The van der Waals surface area contributed by atoms with E-state index < -0.39 is 11.7 Å². The topological polar surface area (TPSA) is 64.4 Å². The van der Waals surface area contributed by atoms with E-state index in [0.29, 0.717) is 16.5 Å². The molecule has 0 spiro atoms. The summed E-state index contributed by atoms with van der Waals surface area (Å²) in [5, 5.41) is 7.32. The summed E-state index contributed by atoms with van der Waals surface area (Å²) in [6.45, 7) is 7.24. The van der Waals surface area contributed by atoms with Crippen LogP contribution in [-0.4, -0.2) is 16.9 Å². The first-order valence-corrected chi connectivity index (χ1v) is 7.34. The van der Waals surface area contributed by atoms with Gasteiger partial charge >= 0.3 is 6.09 Å². The van der Waals surface area contributed by atoms with Crippen molar-refractivity contribution in [3.8, 4) is 11.3 Å². The summed E-state index contributed by atoms with van der Waals surface area (Å²) in [5.41, 5.74) is 0.899. The molecule has 0 fully saturated rings. The molecule has 1 amide bonds. The van der Waals surface area contributed by atoms with Crippen LogP contribution in [0.2, 0.25) is 5.02 Å². The van der Waals surface area contributed by atoms with Gasteiger partial charge < -0.3 is 14.6 Å². The summed E-state index contributed by atoms with van der Waals surface area (Å²) in [5.74, 6) is 0.593. The molecule has 0 unspecified atom stereocenters. The van der Waals surface area contributed by atoms with Crippen LogP contribution in [0.15, 0.2) is 34.9 Å². The Morgan fingerprint density at radius 2 is 2.09 bits per heavy atom. The van der Waals surface area contributed by atoms with Crippen LogP contribution in [0, 0.1) is 0 Å². The van der Waals surface area contributed by atoms with Gasteiger partial charge in [0.2, 0.25) is 0 Å². The molecule has 1 aromatic carbocycles. The lowest BCUT2D eigenvalue weighted by Crippen LogP contribution is -2.34. The van der Waals surface area contributed by atoms with Gasteiger partial charge in [0, 0.05) is 16.7 Å². The number of carbonyl (C=O) groups is 1. The molecule has 1 atom stereocenters. The number of hydrogen-bond donors (Lipinski definition) is 1. The molecule has 1 heterocycles. The van der Waals surface area contributed by atoms with Gasteiger partial charge in [0.1, 0.15) is 11.3 Å². The molecule has 2 aromatic rings. The summed E-state index contributed by atoms with van der Waals surface area (Å²) >= 11 is 5.96. The molecule has 0 aliphatic heterocycles. The Hall–Kier alpha value is -2.01. The van der Waals surface area contributed by atoms with Crippen molar-refractivity contribution in [3.05, 3.63) is 41.0 Å². The Kier molecular flexibility index (Phi) is 4.76. The van der Waals surface area contributed by atoms with Crippen molar-refractivity contribution >= 4 is 17.7 Å². The molecule has 22 heavy (non-hydrogen) atoms. The minimum Gasteiger partial charge on any atom is -0.444 e. The molecule has 5 nitrogen and oxygen atoms in total. The van der Waals surface area contributed by atoms with Crippen molar-refractivity contribution in [3.63, 3.8) is 0 Å². The highest BCUT2D eigenvalue weighted by atomic mass is 35.5. The maximum Gasteiger partial charge on any atom is 0.408 e. The number of alkyl carbamates (subject to hydrolysis) is 1. The second-order valence-corrected chi connectivity index (χ2v) is 6.43. The monoisotopic (exact) mass is 322 g/mol. The van der Waals surface area contributed by atoms with Crippen LogP contribution >= 0.6 is 11.6 Å². The van der Waals surface area contributed by atoms with Crippen molar-refractivity contribution in [2.24, 2.45) is 0 Å². The zero-order valence-electron chi connectivity index (χ0n) is 13.0. The van der Waals surface area contributed by atoms with Gasteiger partial charge in [-0.2, -0.15) is 0 Å². The van der Waals surface area contributed by atoms with E-state index in [2.05, 4.69) is 10.5 Å². The smallest absolute Gasteiger partial charge is 0.408 e. The molecule has 2 rings (SSSR count). The van der Waals surface area contributed by atoms with E-state index in [9.17, 15) is 4.79 Å². The Labute approximate surface area is 134 Å². The minimum absolute atomic E-state index is 0.327. The summed E-state index contributed by atoms with van der Waals surface area (Å²) in [7, 11) is 0. The van der Waals surface area contributed by atoms with E-state index in [0.717, 1.165) is 5.56 Å². The fourth-order valence-electron chi connectivity index (χ4n) is 1.83. The molecular formula is C16H19ClN2O3. The minimum atomic E-state index is -0.542. The Balaban J connectivity index is 2.06. The van der Waals surface area contributed by atoms with Crippen molar-refractivity contribution in [2.75, 3.05) is 0 Å². The third kappa shape index (κ3) is 4.49. The maximum atomic E-state index is 11.8. The highest BCUT2D eigenvalue weighted by Gasteiger charge is 2.20. The standard InChI is InChI=1S/C16H19ClN2O3/c1-10(18-15(20)21-16(2,3)4)13-9-14(22-19-13)11-6-5-7-12(17)8-11/h5-10H,1-4H3,(H,18,20)/t10-/m1/s1. The molecule has 6 heteroatoms. The highest BCUT2D eigenvalue weighted by molar-refractivity contribution is 6.30. The maximum absolute atomic E-state index is 11.8. The third-order valence-corrected chi connectivity index (χ3v) is 3.05. The first-order valence-electron chi connectivity index (χ1n) is 6.97. The van der Waals surface area contributed by atoms with Crippen molar-refractivity contribution in [1.29, 1.82) is 0 Å². The van der Waals surface area contributed by atoms with Crippen LogP contribution in [-0.2, 0) is 4.74 Å². The van der Waals surface area contributed by atoms with Gasteiger partial charge in [0.25, 0.3) is 0 Å². The van der Waals surface area contributed by atoms with Crippen molar-refractivity contribution in [1.82, 2.24) is 10.5 Å². The molecule has 0 bridgehead atoms. The second-order valence-electron chi connectivity index (χ2n) is 5.99. The molecule has 0 saturated carbocycles. The van der Waals surface area contributed by atoms with Crippen LogP contribution in [0.5, 0.6) is 0 Å². The summed E-state index contributed by atoms with van der Waals surface area (Å²) < 4.78 is 10.5. The van der Waals surface area contributed by atoms with Crippen LogP contribution in [0.4, 0.5) is 4.79 Å². The molecule has 0 aliphatic rings. The van der Waals surface area contributed by atoms with Gasteiger partial charge in [-0.3, -0.25) is 0 Å². The first kappa shape index (κ1) is 16.4. The molecule has 1 N–H and O–H groups in total. The number of nitrogens with zero attached hydrogens (tertiary/aromatic N) is 1. The number of aromatic nitrogens is 1. The fraction of sp³-hybridized carbons (Fsp3) is 0.375. The zero-order valence-corrected chi connectivity index (χ0v) is 13.8. The molecule has 1 aromatic heterocycles. The number of rotatable bonds is 3. The van der Waals surface area contributed by atoms with Crippen LogP contribution < -0.4 is 5.32 Å². The van der Waals surface area contributed by atoms with Crippen LogP contribution in [0.3, 0.4) is 0 Å². The third-order valence-electron chi connectivity index (χ3n) is 2.81. The average Bonchev–Trinajstić information content (AvgIpc) is 2.85. The lowest BCUT2D eigenvalue weighted by atomic mass is 10.1. The Morgan fingerprint density at radius 3 is 2.73 bits per heavy atom. The number of amides is 1. The van der Waals surface area contributed by atoms with E-state index in [1.54, 1.807) is 18.2 Å². The normalized spacial score (nSPS) is 12.8. The Morgan fingerprint density at radius 1 is 1.36 bits per heavy atom. The van der Waals surface area contributed by atoms with E-state index >= 15 is 0 Å². The second kappa shape index (κ2) is 6.40.